The van der Waals surface area contributed by atoms with E-state index in [0.717, 1.165) is 12.5 Å². The number of likely N-dealkylation sites (N-methyl/N-ethyl adjacent to an activating group) is 1. The normalized spacial score (nSPS) is 16.3. The Balaban J connectivity index is 1.70. The second-order valence-electron chi connectivity index (χ2n) is 11.4. The molecule has 2 aromatic carbocycles. The number of methoxy groups -OCH3 is 1. The number of nitrogens with zero attached hydrogens (tertiary/aromatic N) is 2. The van der Waals surface area contributed by atoms with Crippen LogP contribution in [0.15, 0.2) is 30.6 Å². The molecule has 0 radical (unpaired) electrons. The lowest BCUT2D eigenvalue weighted by Crippen LogP contribution is -2.59. The third-order valence-corrected chi connectivity index (χ3v) is 8.10. The first-order valence-electron chi connectivity index (χ1n) is 14.1. The van der Waals surface area contributed by atoms with Crippen LogP contribution in [0.25, 0.3) is 10.9 Å². The number of fused-ring (bicyclic) bond motifs is 1. The van der Waals surface area contributed by atoms with Crippen LogP contribution in [0.5, 0.6) is 5.75 Å². The van der Waals surface area contributed by atoms with E-state index in [1.165, 1.54) is 19.5 Å². The Bertz CT molecular complexity index is 1570. The first kappa shape index (κ1) is 33.0. The fourth-order valence-electron chi connectivity index (χ4n) is 5.10. The molecule has 236 valence electrons. The minimum atomic E-state index is -1.11. The molecule has 14 heteroatoms. The molecule has 0 spiro atoms. The highest BCUT2D eigenvalue weighted by molar-refractivity contribution is 6.31. The largest absolute Gasteiger partial charge is 0.496 e. The number of anilines is 2. The zero-order valence-electron chi connectivity index (χ0n) is 25.1. The number of aromatic nitrogens is 2. The van der Waals surface area contributed by atoms with Crippen LogP contribution in [0.3, 0.4) is 0 Å². The summed E-state index contributed by atoms with van der Waals surface area (Å²) in [6, 6.07) is 3.46. The monoisotopic (exact) mass is 631 g/mol. The summed E-state index contributed by atoms with van der Waals surface area (Å²) in [7, 11) is 3.11. The number of carbonyl (C=O) groups excluding carboxylic acids is 3. The molecule has 0 bridgehead atoms. The Morgan fingerprint density at radius 2 is 1.93 bits per heavy atom. The molecule has 1 aromatic heterocycles. The highest BCUT2D eigenvalue weighted by Gasteiger charge is 2.39. The lowest BCUT2D eigenvalue weighted by atomic mass is 9.77. The fraction of sp³-hybridized carbons (Fsp3) is 0.433. The molecule has 4 rings (SSSR count). The quantitative estimate of drug-likeness (QED) is 0.201. The van der Waals surface area contributed by atoms with Crippen LogP contribution in [-0.4, -0.2) is 66.5 Å². The molecule has 5 N–H and O–H groups in total. The Morgan fingerprint density at radius 3 is 2.59 bits per heavy atom. The van der Waals surface area contributed by atoms with Crippen molar-refractivity contribution in [1.82, 2.24) is 31.2 Å². The number of hydrogen-bond acceptors (Lipinski definition) is 9. The van der Waals surface area contributed by atoms with Gasteiger partial charge in [0.25, 0.3) is 0 Å². The van der Waals surface area contributed by atoms with Crippen molar-refractivity contribution < 1.29 is 27.9 Å². The van der Waals surface area contributed by atoms with Crippen molar-refractivity contribution in [3.63, 3.8) is 0 Å². The molecule has 1 aliphatic rings. The van der Waals surface area contributed by atoms with Gasteiger partial charge in [0.2, 0.25) is 17.7 Å². The van der Waals surface area contributed by atoms with Gasteiger partial charge in [-0.15, -0.1) is 0 Å². The average Bonchev–Trinajstić information content (AvgIpc) is 3.54. The van der Waals surface area contributed by atoms with Crippen molar-refractivity contribution in [3.05, 3.63) is 52.8 Å². The van der Waals surface area contributed by atoms with Crippen molar-refractivity contribution in [3.8, 4) is 5.75 Å². The fourth-order valence-corrected chi connectivity index (χ4v) is 5.27. The van der Waals surface area contributed by atoms with Crippen LogP contribution in [0.4, 0.5) is 20.3 Å². The summed E-state index contributed by atoms with van der Waals surface area (Å²) >= 11 is 5.76. The molecule has 3 amide bonds. The molecular weight excluding hydrogens is 596 g/mol. The Hall–Kier alpha value is -3.94. The van der Waals surface area contributed by atoms with E-state index in [1.54, 1.807) is 40.0 Å². The lowest BCUT2D eigenvalue weighted by Gasteiger charge is -2.35. The molecule has 1 fully saturated rings. The maximum atomic E-state index is 14.7. The summed E-state index contributed by atoms with van der Waals surface area (Å²) in [5.41, 5.74) is 0.0402. The highest BCUT2D eigenvalue weighted by Crippen LogP contribution is 2.36. The number of rotatable bonds is 11. The van der Waals surface area contributed by atoms with Crippen LogP contribution in [0.2, 0.25) is 5.02 Å². The smallest absolute Gasteiger partial charge is 0.249 e. The summed E-state index contributed by atoms with van der Waals surface area (Å²) in [6.45, 7) is 5.92. The summed E-state index contributed by atoms with van der Waals surface area (Å²) in [6.07, 6.45) is 2.91. The SMILES string of the molecule is CN[C@@H](C)C(=O)N[C@H](C(=O)NC(=O)[C@@H]1CCCN1)C(C)(C)Cc1cc2c(Nc3ccc(F)c(Cl)c3F)ncnc2cc1OC. The first-order chi connectivity index (χ1) is 20.9. The van der Waals surface area contributed by atoms with Gasteiger partial charge in [0.05, 0.1) is 30.4 Å². The minimum absolute atomic E-state index is 0.0892. The zero-order chi connectivity index (χ0) is 32.2. The Labute approximate surface area is 258 Å². The van der Waals surface area contributed by atoms with Gasteiger partial charge in [-0.2, -0.15) is 0 Å². The summed E-state index contributed by atoms with van der Waals surface area (Å²) in [5, 5.41) is 13.9. The predicted octanol–water partition coefficient (Wildman–Crippen LogP) is 3.37. The molecule has 0 aliphatic carbocycles. The molecule has 0 saturated carbocycles. The van der Waals surface area contributed by atoms with Gasteiger partial charge >= 0.3 is 0 Å². The van der Waals surface area contributed by atoms with Gasteiger partial charge in [-0.1, -0.05) is 25.4 Å². The molecule has 1 saturated heterocycles. The van der Waals surface area contributed by atoms with Crippen LogP contribution in [0, 0.1) is 17.0 Å². The number of carbonyl (C=O) groups is 3. The van der Waals surface area contributed by atoms with Gasteiger partial charge in [0.15, 0.2) is 5.82 Å². The van der Waals surface area contributed by atoms with Crippen LogP contribution < -0.4 is 31.3 Å². The third-order valence-electron chi connectivity index (χ3n) is 7.75. The minimum Gasteiger partial charge on any atom is -0.496 e. The number of amides is 3. The van der Waals surface area contributed by atoms with Gasteiger partial charge < -0.3 is 26.0 Å². The molecule has 3 atom stereocenters. The van der Waals surface area contributed by atoms with E-state index >= 15 is 0 Å². The van der Waals surface area contributed by atoms with E-state index in [0.29, 0.717) is 35.2 Å². The number of hydrogen-bond donors (Lipinski definition) is 5. The standard InChI is InChI=1S/C30H36ClF2N7O4/c1-15(34-4)27(41)39-25(29(43)40-28(42)20-7-6-10-35-20)30(2,3)13-16-11-17-21(12-22(16)44-5)36-14-37-26(17)38-19-9-8-18(32)23(31)24(19)33/h8-9,11-12,14-15,20,25,34-35H,6-7,10,13H2,1-5H3,(H,39,41)(H,36,37,38)(H,40,42,43)/t15-,20-,25+/m0/s1. The molecule has 44 heavy (non-hydrogen) atoms. The van der Waals surface area contributed by atoms with Gasteiger partial charge in [-0.3, -0.25) is 19.7 Å². The number of nitrogens with one attached hydrogen (secondary N) is 5. The molecule has 2 heterocycles. The van der Waals surface area contributed by atoms with Crippen molar-refractivity contribution in [2.75, 3.05) is 26.0 Å². The molecule has 11 nitrogen and oxygen atoms in total. The second kappa shape index (κ2) is 13.8. The summed E-state index contributed by atoms with van der Waals surface area (Å²) in [4.78, 5) is 47.9. The molecule has 1 aliphatic heterocycles. The van der Waals surface area contributed by atoms with E-state index in [4.69, 9.17) is 16.3 Å². The highest BCUT2D eigenvalue weighted by atomic mass is 35.5. The maximum absolute atomic E-state index is 14.7. The molecular formula is C30H36ClF2N7O4. The molecule has 0 unspecified atom stereocenters. The summed E-state index contributed by atoms with van der Waals surface area (Å²) < 4.78 is 34.1. The average molecular weight is 632 g/mol. The third kappa shape index (κ3) is 7.22. The van der Waals surface area contributed by atoms with E-state index in [-0.39, 0.29) is 17.9 Å². The number of benzene rings is 2. The lowest BCUT2D eigenvalue weighted by molar-refractivity contribution is -0.137. The van der Waals surface area contributed by atoms with E-state index in [9.17, 15) is 23.2 Å². The summed E-state index contributed by atoms with van der Waals surface area (Å²) in [5.74, 6) is -2.71. The van der Waals surface area contributed by atoms with Crippen LogP contribution in [0.1, 0.15) is 39.2 Å². The van der Waals surface area contributed by atoms with Crippen molar-refractivity contribution >= 4 is 51.7 Å². The van der Waals surface area contributed by atoms with Gasteiger partial charge in [0.1, 0.15) is 34.8 Å². The second-order valence-corrected chi connectivity index (χ2v) is 11.7. The predicted molar refractivity (Wildman–Crippen MR) is 163 cm³/mol. The topological polar surface area (TPSA) is 146 Å². The van der Waals surface area contributed by atoms with Gasteiger partial charge in [0, 0.05) is 11.5 Å². The van der Waals surface area contributed by atoms with E-state index in [2.05, 4.69) is 36.6 Å². The van der Waals surface area contributed by atoms with Crippen molar-refractivity contribution in [1.29, 1.82) is 0 Å². The van der Waals surface area contributed by atoms with Crippen molar-refractivity contribution in [2.45, 2.75) is 58.2 Å². The Morgan fingerprint density at radius 1 is 1.18 bits per heavy atom. The van der Waals surface area contributed by atoms with E-state index < -0.39 is 57.9 Å². The number of halogens is 3. The van der Waals surface area contributed by atoms with Gasteiger partial charge in [-0.05, 0) is 69.0 Å². The first-order valence-corrected chi connectivity index (χ1v) is 14.5. The van der Waals surface area contributed by atoms with Crippen LogP contribution >= 0.6 is 11.6 Å². The zero-order valence-corrected chi connectivity index (χ0v) is 25.9. The van der Waals surface area contributed by atoms with E-state index in [1.807, 2.05) is 0 Å². The molecule has 3 aromatic rings. The number of imide groups is 1. The van der Waals surface area contributed by atoms with Crippen LogP contribution in [-0.2, 0) is 20.8 Å². The number of ether oxygens (including phenoxy) is 1. The maximum Gasteiger partial charge on any atom is 0.249 e. The van der Waals surface area contributed by atoms with Crippen molar-refractivity contribution in [2.24, 2.45) is 5.41 Å². The van der Waals surface area contributed by atoms with Gasteiger partial charge in [-0.25, -0.2) is 18.7 Å². The Kier molecular flexibility index (Phi) is 10.3.